The number of carbonyl (C=O) groups excluding carboxylic acids is 3. The van der Waals surface area contributed by atoms with Gasteiger partial charge in [0, 0.05) is 10.4 Å². The molecule has 11 heteroatoms. The number of hydrogen-bond donors (Lipinski definition) is 2. The number of hydrogen-bond acceptors (Lipinski definition) is 8. The second-order valence-corrected chi connectivity index (χ2v) is 12.5. The Labute approximate surface area is 253 Å². The molecule has 0 saturated heterocycles. The summed E-state index contributed by atoms with van der Waals surface area (Å²) in [5.74, 6) is -0.258. The number of thiophene rings is 1. The number of esters is 1. The van der Waals surface area contributed by atoms with Crippen LogP contribution < -0.4 is 10.6 Å². The molecule has 2 aromatic carbocycles. The number of thioether (sulfide) groups is 1. The predicted octanol–water partition coefficient (Wildman–Crippen LogP) is 5.41. The van der Waals surface area contributed by atoms with Crippen LogP contribution in [0.2, 0.25) is 0 Å². The van der Waals surface area contributed by atoms with Crippen molar-refractivity contribution >= 4 is 45.9 Å². The zero-order valence-corrected chi connectivity index (χ0v) is 25.4. The summed E-state index contributed by atoms with van der Waals surface area (Å²) in [6.45, 7) is 6.44. The van der Waals surface area contributed by atoms with Crippen LogP contribution in [0.3, 0.4) is 0 Å². The summed E-state index contributed by atoms with van der Waals surface area (Å²) in [5.41, 5.74) is 4.09. The smallest absolute Gasteiger partial charge is 0.341 e. The number of nitrogens with one attached hydrogen (secondary N) is 2. The number of benzene rings is 2. The maximum absolute atomic E-state index is 13.4. The molecule has 42 heavy (non-hydrogen) atoms. The number of nitrogens with zero attached hydrogens (tertiary/aromatic N) is 3. The van der Waals surface area contributed by atoms with Crippen LogP contribution >= 0.6 is 23.1 Å². The summed E-state index contributed by atoms with van der Waals surface area (Å²) >= 11 is 2.74. The average molecular weight is 604 g/mol. The van der Waals surface area contributed by atoms with Gasteiger partial charge in [0.25, 0.3) is 5.91 Å². The van der Waals surface area contributed by atoms with Crippen molar-refractivity contribution in [2.45, 2.75) is 63.5 Å². The molecule has 0 saturated carbocycles. The third-order valence-electron chi connectivity index (χ3n) is 6.95. The molecule has 1 aliphatic carbocycles. The van der Waals surface area contributed by atoms with Gasteiger partial charge < -0.3 is 19.9 Å². The van der Waals surface area contributed by atoms with Gasteiger partial charge in [0.15, 0.2) is 11.0 Å². The van der Waals surface area contributed by atoms with Crippen molar-refractivity contribution in [1.82, 2.24) is 20.1 Å². The fraction of sp³-hybridized carbons (Fsp3) is 0.323. The number of fused-ring (bicyclic) bond motifs is 1. The minimum absolute atomic E-state index is 0.178. The van der Waals surface area contributed by atoms with Crippen LogP contribution in [-0.2, 0) is 35.5 Å². The van der Waals surface area contributed by atoms with Crippen molar-refractivity contribution in [2.24, 2.45) is 0 Å². The molecule has 4 aromatic rings. The predicted molar refractivity (Wildman–Crippen MR) is 164 cm³/mol. The third kappa shape index (κ3) is 6.74. The number of aromatic nitrogens is 3. The zero-order valence-electron chi connectivity index (χ0n) is 23.8. The van der Waals surface area contributed by atoms with E-state index in [1.807, 2.05) is 60.0 Å². The van der Waals surface area contributed by atoms with Gasteiger partial charge in [-0.05, 0) is 63.3 Å². The van der Waals surface area contributed by atoms with Crippen LogP contribution in [0.25, 0.3) is 0 Å². The second kappa shape index (κ2) is 13.3. The van der Waals surface area contributed by atoms with Crippen molar-refractivity contribution in [3.63, 3.8) is 0 Å². The Morgan fingerprint density at radius 3 is 2.67 bits per heavy atom. The van der Waals surface area contributed by atoms with E-state index >= 15 is 0 Å². The van der Waals surface area contributed by atoms with Gasteiger partial charge in [-0.1, -0.05) is 59.8 Å². The van der Waals surface area contributed by atoms with E-state index in [2.05, 4.69) is 20.8 Å². The fourth-order valence-electron chi connectivity index (χ4n) is 4.85. The highest BCUT2D eigenvalue weighted by Crippen LogP contribution is 2.40. The van der Waals surface area contributed by atoms with Crippen LogP contribution in [0.1, 0.15) is 68.4 Å². The van der Waals surface area contributed by atoms with Crippen LogP contribution in [-0.4, -0.2) is 44.4 Å². The third-order valence-corrected chi connectivity index (χ3v) is 9.24. The zero-order chi connectivity index (χ0) is 29.6. The number of aryl methyl sites for hydroxylation is 2. The quantitative estimate of drug-likeness (QED) is 0.174. The van der Waals surface area contributed by atoms with E-state index in [1.165, 1.54) is 23.1 Å². The molecule has 0 spiro atoms. The van der Waals surface area contributed by atoms with Gasteiger partial charge in [-0.3, -0.25) is 9.59 Å². The molecule has 5 rings (SSSR count). The first-order chi connectivity index (χ1) is 20.3. The molecule has 0 radical (unpaired) electrons. The number of amides is 2. The molecule has 0 bridgehead atoms. The highest BCUT2D eigenvalue weighted by Gasteiger charge is 2.30. The van der Waals surface area contributed by atoms with Gasteiger partial charge in [-0.25, -0.2) is 4.79 Å². The molecule has 2 N–H and O–H groups in total. The maximum atomic E-state index is 13.4. The molecule has 0 fully saturated rings. The first-order valence-electron chi connectivity index (χ1n) is 13.9. The van der Waals surface area contributed by atoms with Crippen molar-refractivity contribution in [3.05, 3.63) is 93.1 Å². The normalized spacial score (nSPS) is 12.9. The summed E-state index contributed by atoms with van der Waals surface area (Å²) in [7, 11) is 0. The molecule has 218 valence electrons. The molecule has 2 heterocycles. The van der Waals surface area contributed by atoms with Gasteiger partial charge in [-0.2, -0.15) is 0 Å². The van der Waals surface area contributed by atoms with Crippen molar-refractivity contribution in [2.75, 3.05) is 11.9 Å². The number of ether oxygens (including phenoxy) is 1. The van der Waals surface area contributed by atoms with E-state index in [0.717, 1.165) is 40.8 Å². The summed E-state index contributed by atoms with van der Waals surface area (Å²) in [4.78, 5) is 40.0. The maximum Gasteiger partial charge on any atom is 0.341 e. The van der Waals surface area contributed by atoms with Crippen LogP contribution in [0.5, 0.6) is 0 Å². The lowest BCUT2D eigenvalue weighted by molar-refractivity contribution is -0.115. The Morgan fingerprint density at radius 1 is 1.10 bits per heavy atom. The molecule has 1 aliphatic rings. The Bertz CT molecular complexity index is 1600. The lowest BCUT2D eigenvalue weighted by atomic mass is 10.1. The number of anilines is 1. The minimum atomic E-state index is -0.537. The first-order valence-corrected chi connectivity index (χ1v) is 15.6. The summed E-state index contributed by atoms with van der Waals surface area (Å²) in [6, 6.07) is 17.3. The Morgan fingerprint density at radius 2 is 1.90 bits per heavy atom. The Balaban J connectivity index is 1.33. The molecule has 9 nitrogen and oxygen atoms in total. The number of rotatable bonds is 11. The van der Waals surface area contributed by atoms with Crippen LogP contribution in [0, 0.1) is 6.92 Å². The van der Waals surface area contributed by atoms with E-state index in [4.69, 9.17) is 4.74 Å². The van der Waals surface area contributed by atoms with Crippen LogP contribution in [0.4, 0.5) is 5.00 Å². The van der Waals surface area contributed by atoms with Gasteiger partial charge in [0.05, 0.1) is 30.5 Å². The van der Waals surface area contributed by atoms with Crippen molar-refractivity contribution in [1.29, 1.82) is 0 Å². The monoisotopic (exact) mass is 603 g/mol. The van der Waals surface area contributed by atoms with Gasteiger partial charge in [-0.15, -0.1) is 21.5 Å². The molecule has 2 aromatic heterocycles. The lowest BCUT2D eigenvalue weighted by Crippen LogP contribution is -2.25. The molecular weight excluding hydrogens is 571 g/mol. The first kappa shape index (κ1) is 29.5. The molecule has 2 amide bonds. The molecule has 0 aliphatic heterocycles. The average Bonchev–Trinajstić information content (AvgIpc) is 3.67. The van der Waals surface area contributed by atoms with E-state index in [-0.39, 0.29) is 25.0 Å². The topological polar surface area (TPSA) is 115 Å². The van der Waals surface area contributed by atoms with Crippen molar-refractivity contribution < 1.29 is 19.1 Å². The molecular formula is C31H33N5O4S2. The lowest BCUT2D eigenvalue weighted by Gasteiger charge is -2.15. The largest absolute Gasteiger partial charge is 0.462 e. The summed E-state index contributed by atoms with van der Waals surface area (Å²) in [5, 5.41) is 15.2. The van der Waals surface area contributed by atoms with Crippen molar-refractivity contribution in [3.8, 4) is 0 Å². The second-order valence-electron chi connectivity index (χ2n) is 10.1. The SMILES string of the molecule is CCOC(=O)c1c(NC(=O)[C@H](C)Sc2nnc(CNC(=O)c3cccc(C)c3)n2Cc2ccccc2)sc2c1CCC2. The van der Waals surface area contributed by atoms with E-state index in [9.17, 15) is 14.4 Å². The van der Waals surface area contributed by atoms with Gasteiger partial charge in [0.1, 0.15) is 5.00 Å². The standard InChI is InChI=1S/C31H33N5O4S2/c1-4-40-30(39)26-23-14-9-15-24(23)42-29(26)33-27(37)20(3)41-31-35-34-25(36(31)18-21-11-6-5-7-12-21)17-32-28(38)22-13-8-10-19(2)16-22/h5-8,10-13,16,20H,4,9,14-15,17-18H2,1-3H3,(H,32,38)(H,33,37)/t20-/m0/s1. The van der Waals surface area contributed by atoms with E-state index < -0.39 is 11.2 Å². The fourth-order valence-corrected chi connectivity index (χ4v) is 6.99. The highest BCUT2D eigenvalue weighted by atomic mass is 32.2. The Kier molecular flexibility index (Phi) is 9.38. The number of carbonyl (C=O) groups is 3. The molecule has 0 unspecified atom stereocenters. The van der Waals surface area contributed by atoms with Gasteiger partial charge >= 0.3 is 5.97 Å². The molecule has 1 atom stereocenters. The Hall–Kier alpha value is -3.96. The van der Waals surface area contributed by atoms with E-state index in [0.29, 0.717) is 33.7 Å². The highest BCUT2D eigenvalue weighted by molar-refractivity contribution is 8.00. The van der Waals surface area contributed by atoms with Crippen LogP contribution in [0.15, 0.2) is 59.8 Å². The summed E-state index contributed by atoms with van der Waals surface area (Å²) < 4.78 is 7.22. The van der Waals surface area contributed by atoms with Gasteiger partial charge in [0.2, 0.25) is 5.91 Å². The van der Waals surface area contributed by atoms with E-state index in [1.54, 1.807) is 19.9 Å². The summed E-state index contributed by atoms with van der Waals surface area (Å²) in [6.07, 6.45) is 2.71. The minimum Gasteiger partial charge on any atom is -0.462 e.